The van der Waals surface area contributed by atoms with Crippen LogP contribution in [0.1, 0.15) is 68.7 Å². The molecule has 1 spiro atoms. The minimum absolute atomic E-state index is 0.0240. The largest absolute Gasteiger partial charge is 0.460 e. The molecule has 324 valence electrons. The molecular weight excluding hydrogens is 795 g/mol. The second-order valence-electron chi connectivity index (χ2n) is 16.8. The van der Waals surface area contributed by atoms with E-state index in [2.05, 4.69) is 15.4 Å². The molecule has 0 aromatic heterocycles. The van der Waals surface area contributed by atoms with Crippen molar-refractivity contribution < 1.29 is 70.8 Å². The fourth-order valence-corrected chi connectivity index (χ4v) is 8.75. The maximum absolute atomic E-state index is 14.6. The number of fused-ring (bicyclic) bond motifs is 5. The number of hydroxylamine groups is 2. The van der Waals surface area contributed by atoms with E-state index in [1.165, 1.54) is 11.1 Å². The van der Waals surface area contributed by atoms with Gasteiger partial charge in [-0.1, -0.05) is 48.5 Å². The summed E-state index contributed by atoms with van der Waals surface area (Å²) in [5, 5.41) is 16.7. The van der Waals surface area contributed by atoms with Crippen LogP contribution in [0.3, 0.4) is 0 Å². The Kier molecular flexibility index (Phi) is 12.2. The lowest BCUT2D eigenvalue weighted by Crippen LogP contribution is -2.69. The summed E-state index contributed by atoms with van der Waals surface area (Å²) in [6, 6.07) is 12.4. The number of carbonyl (C=O) groups excluding carboxylic acids is 5. The van der Waals surface area contributed by atoms with Crippen molar-refractivity contribution >= 4 is 35.8 Å². The third-order valence-corrected chi connectivity index (χ3v) is 11.1. The number of nitrogens with zero attached hydrogens (tertiary/aromatic N) is 1. The molecule has 7 rings (SSSR count). The molecule has 60 heavy (non-hydrogen) atoms. The summed E-state index contributed by atoms with van der Waals surface area (Å²) < 4.78 is 66.5. The molecule has 2 bridgehead atoms. The van der Waals surface area contributed by atoms with Gasteiger partial charge in [-0.3, -0.25) is 24.0 Å². The number of amides is 2. The zero-order valence-corrected chi connectivity index (χ0v) is 33.3. The number of hydrogen-bond donors (Lipinski definition) is 3. The van der Waals surface area contributed by atoms with E-state index < -0.39 is 102 Å². The molecule has 3 N–H and O–H groups in total. The van der Waals surface area contributed by atoms with Crippen LogP contribution in [0, 0.1) is 5.41 Å². The van der Waals surface area contributed by atoms with Gasteiger partial charge < -0.3 is 39.4 Å². The number of aliphatic hydroxyl groups excluding tert-OH is 1. The van der Waals surface area contributed by atoms with Gasteiger partial charge in [0.25, 0.3) is 0 Å². The van der Waals surface area contributed by atoms with Crippen molar-refractivity contribution in [2.24, 2.45) is 5.41 Å². The number of esters is 3. The van der Waals surface area contributed by atoms with E-state index in [4.69, 9.17) is 23.8 Å². The second-order valence-corrected chi connectivity index (χ2v) is 16.8. The minimum atomic E-state index is -4.67. The van der Waals surface area contributed by atoms with E-state index in [9.17, 15) is 42.3 Å². The maximum atomic E-state index is 14.6. The number of benzene rings is 2. The predicted octanol–water partition coefficient (Wildman–Crippen LogP) is 2.99. The van der Waals surface area contributed by atoms with Crippen molar-refractivity contribution in [2.75, 3.05) is 19.8 Å². The predicted molar refractivity (Wildman–Crippen MR) is 202 cm³/mol. The summed E-state index contributed by atoms with van der Waals surface area (Å²) in [5.74, 6) is -4.51. The van der Waals surface area contributed by atoms with E-state index >= 15 is 0 Å². The van der Waals surface area contributed by atoms with Crippen LogP contribution in [0.5, 0.6) is 0 Å². The van der Waals surface area contributed by atoms with E-state index in [0.717, 1.165) is 17.2 Å². The molecule has 18 heteroatoms. The number of hydrogen-bond acceptors (Lipinski definition) is 13. The van der Waals surface area contributed by atoms with Crippen LogP contribution >= 0.6 is 0 Å². The quantitative estimate of drug-likeness (QED) is 0.143. The van der Waals surface area contributed by atoms with Crippen LogP contribution in [-0.2, 0) is 71.9 Å². The Balaban J connectivity index is 1.08. The van der Waals surface area contributed by atoms with Crippen molar-refractivity contribution in [2.45, 2.75) is 120 Å². The van der Waals surface area contributed by atoms with Gasteiger partial charge >= 0.3 is 24.1 Å². The van der Waals surface area contributed by atoms with Crippen LogP contribution < -0.4 is 10.6 Å². The van der Waals surface area contributed by atoms with Gasteiger partial charge in [0, 0.05) is 44.7 Å². The zero-order chi connectivity index (χ0) is 43.0. The smallest absolute Gasteiger partial charge is 0.422 e. The van der Waals surface area contributed by atoms with Crippen LogP contribution in [0.25, 0.3) is 6.08 Å². The molecule has 1 saturated carbocycles. The SMILES string of the molecule is CC(C)(C)OC(=O)CCC(CO)NC(=O)CCNC(=O)C12CC3OC(=O)C1N(Cc1cccc(C=CC(=O)OCC(F)(F)F)c1)OC2C1OC2(Cc4ccccc4C2)OC31. The molecule has 7 unspecified atom stereocenters. The topological polar surface area (TPSA) is 188 Å². The first-order valence-electron chi connectivity index (χ1n) is 19.8. The summed E-state index contributed by atoms with van der Waals surface area (Å²) in [5.41, 5.74) is 0.855. The van der Waals surface area contributed by atoms with Crippen molar-refractivity contribution in [3.8, 4) is 0 Å². The number of nitrogens with one attached hydrogen (secondary N) is 2. The van der Waals surface area contributed by atoms with Gasteiger partial charge in [0.2, 0.25) is 11.8 Å². The fraction of sp³-hybridized carbons (Fsp3) is 0.548. The molecule has 7 atom stereocenters. The molecule has 2 amide bonds. The molecule has 4 fully saturated rings. The third kappa shape index (κ3) is 9.37. The number of rotatable bonds is 14. The van der Waals surface area contributed by atoms with E-state index in [-0.39, 0.29) is 38.8 Å². The van der Waals surface area contributed by atoms with Gasteiger partial charge in [-0.15, -0.1) is 0 Å². The van der Waals surface area contributed by atoms with Crippen molar-refractivity contribution in [1.82, 2.24) is 15.7 Å². The van der Waals surface area contributed by atoms with Crippen molar-refractivity contribution in [3.05, 3.63) is 76.9 Å². The molecule has 3 heterocycles. The van der Waals surface area contributed by atoms with E-state index in [0.29, 0.717) is 24.0 Å². The maximum Gasteiger partial charge on any atom is 0.422 e. The lowest BCUT2D eigenvalue weighted by molar-refractivity contribution is -0.217. The summed E-state index contributed by atoms with van der Waals surface area (Å²) in [7, 11) is 0. The molecular formula is C42H48F3N3O12. The lowest BCUT2D eigenvalue weighted by atomic mass is 9.62. The zero-order valence-electron chi connectivity index (χ0n) is 33.3. The van der Waals surface area contributed by atoms with Gasteiger partial charge in [0.1, 0.15) is 35.4 Å². The summed E-state index contributed by atoms with van der Waals surface area (Å²) in [6.45, 7) is 2.86. The Morgan fingerprint density at radius 3 is 2.42 bits per heavy atom. The number of carbonyl (C=O) groups is 5. The highest BCUT2D eigenvalue weighted by Gasteiger charge is 2.76. The summed E-state index contributed by atoms with van der Waals surface area (Å²) in [6.07, 6.45) is -5.21. The average Bonchev–Trinajstić information content (AvgIpc) is 3.85. The lowest BCUT2D eigenvalue weighted by Gasteiger charge is -2.48. The van der Waals surface area contributed by atoms with Gasteiger partial charge in [0.05, 0.1) is 19.2 Å². The van der Waals surface area contributed by atoms with Gasteiger partial charge in [-0.2, -0.15) is 18.2 Å². The summed E-state index contributed by atoms with van der Waals surface area (Å²) in [4.78, 5) is 72.3. The van der Waals surface area contributed by atoms with Crippen molar-refractivity contribution in [1.29, 1.82) is 0 Å². The second kappa shape index (κ2) is 16.9. The molecule has 15 nitrogen and oxygen atoms in total. The van der Waals surface area contributed by atoms with E-state index in [1.54, 1.807) is 45.0 Å². The fourth-order valence-electron chi connectivity index (χ4n) is 8.75. The molecule has 0 radical (unpaired) electrons. The molecule has 2 aromatic rings. The first kappa shape index (κ1) is 43.2. The van der Waals surface area contributed by atoms with Crippen LogP contribution in [0.15, 0.2) is 54.6 Å². The molecule has 2 aromatic carbocycles. The average molecular weight is 844 g/mol. The highest BCUT2D eigenvalue weighted by molar-refractivity contribution is 5.94. The minimum Gasteiger partial charge on any atom is -0.460 e. The molecule has 3 aliphatic heterocycles. The van der Waals surface area contributed by atoms with Crippen LogP contribution in [0.4, 0.5) is 13.2 Å². The van der Waals surface area contributed by atoms with E-state index in [1.807, 2.05) is 24.3 Å². The molecule has 3 saturated heterocycles. The first-order chi connectivity index (χ1) is 28.4. The third-order valence-electron chi connectivity index (χ3n) is 11.1. The highest BCUT2D eigenvalue weighted by atomic mass is 19.4. The van der Waals surface area contributed by atoms with Gasteiger partial charge in [-0.05, 0) is 55.5 Å². The Morgan fingerprint density at radius 2 is 1.73 bits per heavy atom. The number of alkyl halides is 3. The number of halogens is 3. The Bertz CT molecular complexity index is 2000. The van der Waals surface area contributed by atoms with Crippen molar-refractivity contribution in [3.63, 3.8) is 0 Å². The van der Waals surface area contributed by atoms with Gasteiger partial charge in [0.15, 0.2) is 18.4 Å². The number of aliphatic hydroxyl groups is 1. The first-order valence-corrected chi connectivity index (χ1v) is 19.8. The number of ether oxygens (including phenoxy) is 5. The van der Waals surface area contributed by atoms with Crippen LogP contribution in [0.2, 0.25) is 0 Å². The molecule has 5 aliphatic rings. The Morgan fingerprint density at radius 1 is 1.02 bits per heavy atom. The van der Waals surface area contributed by atoms with Gasteiger partial charge in [-0.25, -0.2) is 4.79 Å². The Labute approximate surface area is 343 Å². The molecule has 2 aliphatic carbocycles. The standard InChI is InChI=1S/C42H48F3N3O12/c1-39(2,3)57-32(52)14-12-28(22-49)47-30(50)15-16-46-38(54)41-20-29-33-34(59-40(58-33)18-26-9-4-5-10-27(26)19-40)36(41)60-48(35(41)37(53)56-29)21-25-8-6-7-24(17-25)11-13-31(51)55-23-42(43,44)45/h4-11,13,17,28-29,33-36,49H,12,14-16,18-23H2,1-3H3,(H,46,54)(H,47,50). The summed E-state index contributed by atoms with van der Waals surface area (Å²) >= 11 is 0. The highest BCUT2D eigenvalue weighted by Crippen LogP contribution is 2.58. The monoisotopic (exact) mass is 843 g/mol. The Hall–Kier alpha value is -4.88. The normalized spacial score (nSPS) is 26.9. The van der Waals surface area contributed by atoms with Crippen LogP contribution in [-0.4, -0.2) is 114 Å².